The number of aromatic nitrogens is 1. The summed E-state index contributed by atoms with van der Waals surface area (Å²) < 4.78 is 2.37. The monoisotopic (exact) mass is 680 g/mol. The summed E-state index contributed by atoms with van der Waals surface area (Å²) in [6.45, 7) is 4.70. The van der Waals surface area contributed by atoms with Gasteiger partial charge >= 0.3 is 0 Å². The fraction of sp³-hybridized carbons (Fsp3) is 0.0588. The van der Waals surface area contributed by atoms with Gasteiger partial charge in [-0.25, -0.2) is 0 Å². The highest BCUT2D eigenvalue weighted by Crippen LogP contribution is 2.50. The van der Waals surface area contributed by atoms with Crippen LogP contribution in [0.3, 0.4) is 0 Å². The molecular weight excluding hydrogens is 641 g/mol. The lowest BCUT2D eigenvalue weighted by Gasteiger charge is -2.28. The number of hydrogen-bond donors (Lipinski definition) is 0. The molecule has 8 aromatic carbocycles. The van der Waals surface area contributed by atoms with Crippen LogP contribution in [0.4, 0.5) is 17.1 Å². The quantitative estimate of drug-likeness (QED) is 0.170. The summed E-state index contributed by atoms with van der Waals surface area (Å²) in [5.74, 6) is 0. The Morgan fingerprint density at radius 1 is 0.396 bits per heavy atom. The first-order chi connectivity index (χ1) is 26.0. The Morgan fingerprint density at radius 2 is 0.925 bits per heavy atom. The first kappa shape index (κ1) is 31.1. The lowest BCUT2D eigenvalue weighted by Crippen LogP contribution is -2.16. The number of rotatable bonds is 6. The predicted molar refractivity (Wildman–Crippen MR) is 226 cm³/mol. The summed E-state index contributed by atoms with van der Waals surface area (Å²) in [6.07, 6.45) is 0. The topological polar surface area (TPSA) is 8.17 Å². The molecule has 0 fully saturated rings. The zero-order valence-corrected chi connectivity index (χ0v) is 29.9. The lowest BCUT2D eigenvalue weighted by atomic mass is 9.82. The van der Waals surface area contributed by atoms with Crippen molar-refractivity contribution in [3.05, 3.63) is 205 Å². The van der Waals surface area contributed by atoms with Gasteiger partial charge in [0.1, 0.15) is 0 Å². The molecule has 1 aliphatic rings. The first-order valence-electron chi connectivity index (χ1n) is 18.4. The molecule has 0 radical (unpaired) electrons. The molecular formula is C51H40N2. The number of benzene rings is 8. The van der Waals surface area contributed by atoms with E-state index in [-0.39, 0.29) is 6.84 Å². The van der Waals surface area contributed by atoms with Gasteiger partial charge < -0.3 is 9.47 Å². The Hall–Kier alpha value is -6.64. The number of nitrogens with zero attached hydrogens (tertiary/aromatic N) is 2. The summed E-state index contributed by atoms with van der Waals surface area (Å²) in [5, 5.41) is 2.52. The van der Waals surface area contributed by atoms with Gasteiger partial charge in [-0.3, -0.25) is 0 Å². The maximum Gasteiger partial charge on any atom is 0.0541 e. The van der Waals surface area contributed by atoms with Crippen LogP contribution in [0.15, 0.2) is 194 Å². The average Bonchev–Trinajstić information content (AvgIpc) is 3.67. The Labute approximate surface area is 312 Å². The van der Waals surface area contributed by atoms with E-state index in [0.717, 1.165) is 17.1 Å². The normalized spacial score (nSPS) is 12.9. The van der Waals surface area contributed by atoms with Crippen molar-refractivity contribution in [1.29, 1.82) is 0 Å². The van der Waals surface area contributed by atoms with Crippen LogP contribution >= 0.6 is 0 Å². The van der Waals surface area contributed by atoms with Crippen molar-refractivity contribution in [2.75, 3.05) is 4.90 Å². The van der Waals surface area contributed by atoms with Crippen LogP contribution in [-0.2, 0) is 5.41 Å². The van der Waals surface area contributed by atoms with Gasteiger partial charge in [0, 0.05) is 40.4 Å². The standard InChI is InChI=1S/C51H38N2.H2/c1-51(2)47-19-11-9-17-43(47)44-31-30-42(34-48(44)51)52(40-26-21-36(22-27-40)35-13-5-3-6-14-35)41-28-23-37(24-29-41)38-25-32-50-46(33-38)45-18-10-12-20-49(45)53(50)39-15-7-4-8-16-39;/h3-34H,1-2H3;1H. The fourth-order valence-electron chi connectivity index (χ4n) is 8.52. The number of anilines is 3. The highest BCUT2D eigenvalue weighted by molar-refractivity contribution is 6.10. The Balaban J connectivity index is 0.00000384. The van der Waals surface area contributed by atoms with Crippen LogP contribution in [0.1, 0.15) is 26.4 Å². The number of fused-ring (bicyclic) bond motifs is 6. The van der Waals surface area contributed by atoms with E-state index in [0.29, 0.717) is 0 Å². The predicted octanol–water partition coefficient (Wildman–Crippen LogP) is 14.1. The molecule has 0 bridgehead atoms. The summed E-state index contributed by atoms with van der Waals surface area (Å²) >= 11 is 0. The van der Waals surface area contributed by atoms with Crippen molar-refractivity contribution >= 4 is 38.9 Å². The van der Waals surface area contributed by atoms with Crippen LogP contribution in [0.5, 0.6) is 0 Å². The van der Waals surface area contributed by atoms with Crippen molar-refractivity contribution < 1.29 is 1.43 Å². The van der Waals surface area contributed by atoms with Crippen molar-refractivity contribution in [3.63, 3.8) is 0 Å². The highest BCUT2D eigenvalue weighted by atomic mass is 15.1. The second-order valence-electron chi connectivity index (χ2n) is 14.6. The molecule has 0 N–H and O–H groups in total. The second-order valence-corrected chi connectivity index (χ2v) is 14.6. The minimum absolute atomic E-state index is 0. The third kappa shape index (κ3) is 5.10. The molecule has 254 valence electrons. The van der Waals surface area contributed by atoms with Gasteiger partial charge in [-0.05, 0) is 111 Å². The smallest absolute Gasteiger partial charge is 0.0541 e. The average molecular weight is 681 g/mol. The molecule has 0 aliphatic heterocycles. The summed E-state index contributed by atoms with van der Waals surface area (Å²) in [4.78, 5) is 2.40. The molecule has 10 rings (SSSR count). The van der Waals surface area contributed by atoms with Gasteiger partial charge in [-0.15, -0.1) is 0 Å². The van der Waals surface area contributed by atoms with E-state index in [1.807, 2.05) is 0 Å². The molecule has 2 heteroatoms. The van der Waals surface area contributed by atoms with Gasteiger partial charge in [0.25, 0.3) is 0 Å². The maximum absolute atomic E-state index is 2.41. The zero-order valence-electron chi connectivity index (χ0n) is 29.9. The molecule has 0 amide bonds. The van der Waals surface area contributed by atoms with E-state index in [9.17, 15) is 0 Å². The molecule has 0 spiro atoms. The third-order valence-corrected chi connectivity index (χ3v) is 11.2. The van der Waals surface area contributed by atoms with Crippen LogP contribution < -0.4 is 4.90 Å². The highest BCUT2D eigenvalue weighted by Gasteiger charge is 2.35. The molecule has 1 aliphatic carbocycles. The summed E-state index contributed by atoms with van der Waals surface area (Å²) in [5.41, 5.74) is 17.2. The summed E-state index contributed by atoms with van der Waals surface area (Å²) in [7, 11) is 0. The first-order valence-corrected chi connectivity index (χ1v) is 18.4. The summed E-state index contributed by atoms with van der Waals surface area (Å²) in [6, 6.07) is 70.8. The van der Waals surface area contributed by atoms with Crippen LogP contribution in [0.25, 0.3) is 60.9 Å². The Kier molecular flexibility index (Phi) is 7.19. The van der Waals surface area contributed by atoms with Crippen molar-refractivity contribution in [1.82, 2.24) is 4.57 Å². The van der Waals surface area contributed by atoms with Crippen LogP contribution in [-0.4, -0.2) is 4.57 Å². The minimum atomic E-state index is -0.0864. The van der Waals surface area contributed by atoms with Crippen molar-refractivity contribution in [2.45, 2.75) is 19.3 Å². The third-order valence-electron chi connectivity index (χ3n) is 11.2. The number of hydrogen-bond acceptors (Lipinski definition) is 1. The number of para-hydroxylation sites is 2. The van der Waals surface area contributed by atoms with Gasteiger partial charge in [0.15, 0.2) is 0 Å². The largest absolute Gasteiger partial charge is 0.310 e. The molecule has 1 aromatic heterocycles. The van der Waals surface area contributed by atoms with E-state index in [1.165, 1.54) is 72.0 Å². The van der Waals surface area contributed by atoms with Gasteiger partial charge in [-0.1, -0.05) is 141 Å². The molecule has 1 heterocycles. The van der Waals surface area contributed by atoms with Crippen molar-refractivity contribution in [2.24, 2.45) is 0 Å². The molecule has 2 nitrogen and oxygen atoms in total. The van der Waals surface area contributed by atoms with Gasteiger partial charge in [-0.2, -0.15) is 0 Å². The van der Waals surface area contributed by atoms with Crippen molar-refractivity contribution in [3.8, 4) is 39.1 Å². The van der Waals surface area contributed by atoms with Crippen LogP contribution in [0, 0.1) is 0 Å². The lowest BCUT2D eigenvalue weighted by molar-refractivity contribution is 0.660. The van der Waals surface area contributed by atoms with Crippen LogP contribution in [0.2, 0.25) is 0 Å². The Morgan fingerprint density at radius 3 is 1.66 bits per heavy atom. The molecule has 0 saturated heterocycles. The van der Waals surface area contributed by atoms with E-state index in [2.05, 4.69) is 217 Å². The van der Waals surface area contributed by atoms with Gasteiger partial charge in [0.05, 0.1) is 11.0 Å². The zero-order chi connectivity index (χ0) is 35.5. The van der Waals surface area contributed by atoms with E-state index in [4.69, 9.17) is 0 Å². The van der Waals surface area contributed by atoms with E-state index >= 15 is 0 Å². The Bertz CT molecular complexity index is 2780. The molecule has 53 heavy (non-hydrogen) atoms. The fourth-order valence-corrected chi connectivity index (χ4v) is 8.52. The molecule has 9 aromatic rings. The second kappa shape index (κ2) is 12.3. The van der Waals surface area contributed by atoms with Gasteiger partial charge in [0.2, 0.25) is 0 Å². The minimum Gasteiger partial charge on any atom is -0.310 e. The SMILES string of the molecule is CC1(C)c2ccccc2-c2ccc(N(c3ccc(-c4ccccc4)cc3)c3ccc(-c4ccc5c(c4)c4ccccc4n5-c4ccccc4)cc3)cc21.[HH]. The molecule has 0 saturated carbocycles. The van der Waals surface area contributed by atoms with E-state index < -0.39 is 0 Å². The molecule has 0 unspecified atom stereocenters. The maximum atomic E-state index is 2.41. The molecule has 0 atom stereocenters. The van der Waals surface area contributed by atoms with E-state index in [1.54, 1.807) is 0 Å².